The lowest BCUT2D eigenvalue weighted by atomic mass is 10.2. The molecule has 1 aromatic heterocycles. The summed E-state index contributed by atoms with van der Waals surface area (Å²) in [5.74, 6) is -0.224. The van der Waals surface area contributed by atoms with Gasteiger partial charge in [0.1, 0.15) is 0 Å². The van der Waals surface area contributed by atoms with Crippen LogP contribution < -0.4 is 5.43 Å². The molecule has 1 N–H and O–H groups in total. The second-order valence-corrected chi connectivity index (χ2v) is 5.40. The van der Waals surface area contributed by atoms with Crippen LogP contribution in [-0.4, -0.2) is 11.6 Å². The number of nitrogens with one attached hydrogen (secondary N) is 1. The summed E-state index contributed by atoms with van der Waals surface area (Å²) < 4.78 is 0.756. The van der Waals surface area contributed by atoms with Gasteiger partial charge >= 0.3 is 0 Å². The quantitative estimate of drug-likeness (QED) is 0.680. The smallest absolute Gasteiger partial charge is 0.267 e. The van der Waals surface area contributed by atoms with Gasteiger partial charge in [-0.25, -0.2) is 5.43 Å². The molecule has 0 bridgehead atoms. The maximum atomic E-state index is 11.9. The summed E-state index contributed by atoms with van der Waals surface area (Å²) in [7, 11) is 0. The van der Waals surface area contributed by atoms with Gasteiger partial charge in [-0.05, 0) is 46.4 Å². The Kier molecular flexibility index (Phi) is 4.28. The Labute approximate surface area is 118 Å². The molecule has 0 atom stereocenters. The molecule has 1 aromatic carbocycles. The van der Waals surface area contributed by atoms with E-state index in [0.717, 1.165) is 15.1 Å². The number of carbonyl (C=O) groups is 1. The fourth-order valence-corrected chi connectivity index (χ4v) is 2.52. The van der Waals surface area contributed by atoms with Gasteiger partial charge in [0.15, 0.2) is 0 Å². The zero-order valence-corrected chi connectivity index (χ0v) is 12.1. The number of carbonyl (C=O) groups excluding carboxylic acids is 1. The Morgan fingerprint density at radius 1 is 1.28 bits per heavy atom. The lowest BCUT2D eigenvalue weighted by molar-refractivity contribution is 0.0954. The van der Waals surface area contributed by atoms with Crippen molar-refractivity contribution < 1.29 is 4.79 Å². The van der Waals surface area contributed by atoms with Crippen LogP contribution in [-0.2, 0) is 0 Å². The number of hydrogen-bond donors (Lipinski definition) is 1. The van der Waals surface area contributed by atoms with Crippen LogP contribution in [0.5, 0.6) is 0 Å². The predicted molar refractivity (Wildman–Crippen MR) is 78.1 cm³/mol. The first-order valence-electron chi connectivity index (χ1n) is 5.31. The van der Waals surface area contributed by atoms with Gasteiger partial charge in [-0.3, -0.25) is 4.79 Å². The number of hydrazone groups is 1. The number of halogens is 1. The Morgan fingerprint density at radius 2 is 2.06 bits per heavy atom. The number of rotatable bonds is 3. The van der Waals surface area contributed by atoms with E-state index >= 15 is 0 Å². The molecule has 0 aliphatic rings. The van der Waals surface area contributed by atoms with Gasteiger partial charge in [0, 0.05) is 9.35 Å². The molecule has 0 saturated heterocycles. The molecule has 1 amide bonds. The van der Waals surface area contributed by atoms with Gasteiger partial charge in [0.05, 0.1) is 11.3 Å². The minimum Gasteiger partial charge on any atom is -0.267 e. The number of nitrogens with zero attached hydrogens (tertiary/aromatic N) is 1. The Morgan fingerprint density at radius 3 is 2.72 bits per heavy atom. The van der Waals surface area contributed by atoms with Crippen molar-refractivity contribution in [2.75, 3.05) is 0 Å². The van der Waals surface area contributed by atoms with E-state index in [0.29, 0.717) is 5.56 Å². The van der Waals surface area contributed by atoms with Crippen molar-refractivity contribution in [3.05, 3.63) is 56.7 Å². The molecule has 3 nitrogen and oxygen atoms in total. The average Bonchev–Trinajstić information content (AvgIpc) is 2.90. The molecule has 0 fully saturated rings. The third kappa shape index (κ3) is 3.05. The average molecular weight is 323 g/mol. The lowest BCUT2D eigenvalue weighted by Gasteiger charge is -2.03. The molecular weight excluding hydrogens is 312 g/mol. The van der Waals surface area contributed by atoms with E-state index in [1.807, 2.05) is 42.6 Å². The summed E-state index contributed by atoms with van der Waals surface area (Å²) in [4.78, 5) is 12.9. The van der Waals surface area contributed by atoms with Crippen LogP contribution in [0, 0.1) is 0 Å². The van der Waals surface area contributed by atoms with Crippen molar-refractivity contribution >= 4 is 38.9 Å². The molecule has 0 radical (unpaired) electrons. The van der Waals surface area contributed by atoms with E-state index < -0.39 is 0 Å². The number of thiophene rings is 1. The molecule has 0 spiro atoms. The van der Waals surface area contributed by atoms with E-state index in [-0.39, 0.29) is 5.91 Å². The molecule has 0 aliphatic carbocycles. The van der Waals surface area contributed by atoms with Crippen molar-refractivity contribution in [2.45, 2.75) is 6.92 Å². The van der Waals surface area contributed by atoms with Gasteiger partial charge in [0.2, 0.25) is 0 Å². The molecule has 18 heavy (non-hydrogen) atoms. The zero-order chi connectivity index (χ0) is 13.0. The SMILES string of the molecule is C/C(=N\NC(=O)c1ccccc1Br)c1cccs1. The molecule has 2 aromatic rings. The highest BCUT2D eigenvalue weighted by Crippen LogP contribution is 2.15. The van der Waals surface area contributed by atoms with Crippen LogP contribution in [0.3, 0.4) is 0 Å². The van der Waals surface area contributed by atoms with Crippen LogP contribution in [0.4, 0.5) is 0 Å². The first kappa shape index (κ1) is 13.0. The van der Waals surface area contributed by atoms with Gasteiger partial charge in [-0.15, -0.1) is 11.3 Å². The fourth-order valence-electron chi connectivity index (χ4n) is 1.38. The highest BCUT2D eigenvalue weighted by Gasteiger charge is 2.08. The van der Waals surface area contributed by atoms with Crippen LogP contribution in [0.1, 0.15) is 22.2 Å². The van der Waals surface area contributed by atoms with E-state index in [1.54, 1.807) is 17.4 Å². The van der Waals surface area contributed by atoms with E-state index in [1.165, 1.54) is 0 Å². The Hall–Kier alpha value is -1.46. The summed E-state index contributed by atoms with van der Waals surface area (Å²) in [5.41, 5.74) is 3.92. The van der Waals surface area contributed by atoms with Crippen molar-refractivity contribution in [1.82, 2.24) is 5.43 Å². The molecule has 5 heteroatoms. The molecule has 0 saturated carbocycles. The summed E-state index contributed by atoms with van der Waals surface area (Å²) in [6, 6.07) is 11.2. The van der Waals surface area contributed by atoms with Crippen molar-refractivity contribution in [3.8, 4) is 0 Å². The molecular formula is C13H11BrN2OS. The normalized spacial score (nSPS) is 11.3. The van der Waals surface area contributed by atoms with Crippen molar-refractivity contribution in [2.24, 2.45) is 5.10 Å². The minimum absolute atomic E-state index is 0.224. The van der Waals surface area contributed by atoms with Crippen molar-refractivity contribution in [1.29, 1.82) is 0 Å². The molecule has 2 rings (SSSR count). The fraction of sp³-hybridized carbons (Fsp3) is 0.0769. The first-order chi connectivity index (χ1) is 8.68. The summed E-state index contributed by atoms with van der Waals surface area (Å²) in [6.07, 6.45) is 0. The van der Waals surface area contributed by atoms with E-state index in [9.17, 15) is 4.79 Å². The summed E-state index contributed by atoms with van der Waals surface area (Å²) in [5, 5.41) is 6.07. The maximum absolute atomic E-state index is 11.9. The topological polar surface area (TPSA) is 41.5 Å². The Bertz CT molecular complexity index is 578. The third-order valence-electron chi connectivity index (χ3n) is 2.32. The molecule has 0 unspecified atom stereocenters. The van der Waals surface area contributed by atoms with Crippen molar-refractivity contribution in [3.63, 3.8) is 0 Å². The summed E-state index contributed by atoms with van der Waals surface area (Å²) >= 11 is 4.93. The number of hydrogen-bond acceptors (Lipinski definition) is 3. The predicted octanol–water partition coefficient (Wildman–Crippen LogP) is 3.66. The molecule has 1 heterocycles. The van der Waals surface area contributed by atoms with Gasteiger partial charge < -0.3 is 0 Å². The maximum Gasteiger partial charge on any atom is 0.272 e. The first-order valence-corrected chi connectivity index (χ1v) is 6.99. The van der Waals surface area contributed by atoms with Crippen LogP contribution in [0.2, 0.25) is 0 Å². The Balaban J connectivity index is 2.09. The van der Waals surface area contributed by atoms with Crippen LogP contribution in [0.25, 0.3) is 0 Å². The third-order valence-corrected chi connectivity index (χ3v) is 3.99. The van der Waals surface area contributed by atoms with Gasteiger partial charge in [0.25, 0.3) is 5.91 Å². The van der Waals surface area contributed by atoms with Gasteiger partial charge in [-0.1, -0.05) is 18.2 Å². The molecule has 0 aliphatic heterocycles. The standard InChI is InChI=1S/C13H11BrN2OS/c1-9(12-7-4-8-18-12)15-16-13(17)10-5-2-3-6-11(10)14/h2-8H,1H3,(H,16,17)/b15-9+. The van der Waals surface area contributed by atoms with E-state index in [4.69, 9.17) is 0 Å². The monoisotopic (exact) mass is 322 g/mol. The number of benzene rings is 1. The van der Waals surface area contributed by atoms with Gasteiger partial charge in [-0.2, -0.15) is 5.10 Å². The van der Waals surface area contributed by atoms with Crippen LogP contribution >= 0.6 is 27.3 Å². The molecule has 92 valence electrons. The highest BCUT2D eigenvalue weighted by molar-refractivity contribution is 9.10. The minimum atomic E-state index is -0.224. The highest BCUT2D eigenvalue weighted by atomic mass is 79.9. The van der Waals surface area contributed by atoms with E-state index in [2.05, 4.69) is 26.5 Å². The second-order valence-electron chi connectivity index (χ2n) is 3.60. The van der Waals surface area contributed by atoms with Crippen LogP contribution in [0.15, 0.2) is 51.4 Å². The number of amides is 1. The second kappa shape index (κ2) is 5.93. The zero-order valence-electron chi connectivity index (χ0n) is 9.68. The largest absolute Gasteiger partial charge is 0.272 e. The summed E-state index contributed by atoms with van der Waals surface area (Å²) in [6.45, 7) is 1.87. The lowest BCUT2D eigenvalue weighted by Crippen LogP contribution is -2.19.